The van der Waals surface area contributed by atoms with Crippen molar-refractivity contribution in [3.63, 3.8) is 0 Å². The molecule has 0 aromatic rings. The van der Waals surface area contributed by atoms with E-state index in [1.54, 1.807) is 0 Å². The molecule has 230 valence electrons. The van der Waals surface area contributed by atoms with E-state index in [4.69, 9.17) is 13.6 Å². The normalized spacial score (nSPS) is 44.4. The number of ether oxygens (including phenoxy) is 1. The first-order valence-electron chi connectivity index (χ1n) is 15.9. The summed E-state index contributed by atoms with van der Waals surface area (Å²) in [5.41, 5.74) is -1.34. The van der Waals surface area contributed by atoms with Crippen molar-refractivity contribution in [3.8, 4) is 0 Å². The maximum Gasteiger partial charge on any atom is 0.306 e. The van der Waals surface area contributed by atoms with Gasteiger partial charge in [0.05, 0.1) is 11.8 Å². The van der Waals surface area contributed by atoms with Gasteiger partial charge in [-0.3, -0.25) is 4.79 Å². The van der Waals surface area contributed by atoms with E-state index in [1.807, 2.05) is 0 Å². The van der Waals surface area contributed by atoms with E-state index in [0.29, 0.717) is 17.8 Å². The number of hydrogen-bond donors (Lipinski definition) is 0. The Bertz CT molecular complexity index is 1010. The third-order valence-electron chi connectivity index (χ3n) is 13.5. The van der Waals surface area contributed by atoms with Crippen LogP contribution in [0.2, 0.25) is 36.3 Å². The summed E-state index contributed by atoms with van der Waals surface area (Å²) in [4.78, 5) is 26.0. The smallest absolute Gasteiger partial charge is 0.306 e. The van der Waals surface area contributed by atoms with E-state index in [0.717, 1.165) is 32.0 Å². The third-order valence-corrected chi connectivity index (χ3v) is 22.5. The molecule has 40 heavy (non-hydrogen) atoms. The Kier molecular flexibility index (Phi) is 7.90. The van der Waals surface area contributed by atoms with Crippen molar-refractivity contribution in [2.75, 3.05) is 0 Å². The maximum absolute atomic E-state index is 13.1. The molecule has 4 fully saturated rings. The number of aldehydes is 1. The summed E-state index contributed by atoms with van der Waals surface area (Å²) in [7, 11) is -4.14. The van der Waals surface area contributed by atoms with Gasteiger partial charge in [-0.15, -0.1) is 0 Å². The molecule has 5 nitrogen and oxygen atoms in total. The molecule has 2 bridgehead atoms. The Morgan fingerprint density at radius 1 is 0.875 bits per heavy atom. The first-order chi connectivity index (χ1) is 17.9. The van der Waals surface area contributed by atoms with Gasteiger partial charge in [-0.25, -0.2) is 0 Å². The van der Waals surface area contributed by atoms with Crippen LogP contribution in [0, 0.1) is 39.9 Å². The number of fused-ring (bicyclic) bond motifs is 6. The molecule has 3 saturated carbocycles. The average Bonchev–Trinajstić information content (AvgIpc) is 2.75. The summed E-state index contributed by atoms with van der Waals surface area (Å²) in [6.07, 6.45) is 5.16. The van der Waals surface area contributed by atoms with Crippen molar-refractivity contribution < 1.29 is 23.2 Å². The molecule has 4 rings (SSSR count). The standard InChI is InChI=1S/C33H60O5Si2/c1-21-15-23-22(24(16-21)37-39(11,12)29(2,3)4)17-25(38-40(13,14)30(5,6)7)28-31(23,8)18-26-33(10,20-34)32(28,9)19-27(35)36-26/h20-26,28H,15-19H2,1-14H3/t21-,22+,23-,24-,25-,26-,28+,31+,32+,33-/m1/s1. The molecular formula is C33H60O5Si2. The van der Waals surface area contributed by atoms with Gasteiger partial charge >= 0.3 is 5.97 Å². The van der Waals surface area contributed by atoms with Gasteiger partial charge in [-0.2, -0.15) is 0 Å². The topological polar surface area (TPSA) is 61.8 Å². The highest BCUT2D eigenvalue weighted by molar-refractivity contribution is 6.74. The molecule has 7 heteroatoms. The second-order valence-electron chi connectivity index (χ2n) is 18.1. The minimum Gasteiger partial charge on any atom is -0.461 e. The molecular weight excluding hydrogens is 533 g/mol. The van der Waals surface area contributed by atoms with E-state index in [1.165, 1.54) is 0 Å². The highest BCUT2D eigenvalue weighted by Gasteiger charge is 2.73. The van der Waals surface area contributed by atoms with Crippen LogP contribution in [0.25, 0.3) is 0 Å². The largest absolute Gasteiger partial charge is 0.461 e. The molecule has 0 unspecified atom stereocenters. The SMILES string of the molecule is C[C@@H]1C[C@@H]2[C@H](C[C@@H](O[Si](C)(C)C(C)(C)C)[C@H]3[C@@]2(C)C[C@H]2OC(=O)C[C@]3(C)[C@]2(C)C=O)[C@H](O[Si](C)(C)C(C)(C)C)C1. The van der Waals surface area contributed by atoms with E-state index in [9.17, 15) is 9.59 Å². The second kappa shape index (κ2) is 9.75. The van der Waals surface area contributed by atoms with Gasteiger partial charge in [0.15, 0.2) is 16.6 Å². The summed E-state index contributed by atoms with van der Waals surface area (Å²) in [6.45, 7) is 32.5. The average molecular weight is 593 g/mol. The van der Waals surface area contributed by atoms with Crippen LogP contribution in [-0.4, -0.2) is 47.2 Å². The van der Waals surface area contributed by atoms with E-state index >= 15 is 0 Å². The Morgan fingerprint density at radius 2 is 1.40 bits per heavy atom. The summed E-state index contributed by atoms with van der Waals surface area (Å²) in [5.74, 6) is 1.37. The Hall–Kier alpha value is -0.506. The zero-order valence-electron chi connectivity index (χ0n) is 28.2. The van der Waals surface area contributed by atoms with Gasteiger partial charge in [-0.1, -0.05) is 62.3 Å². The summed E-state index contributed by atoms with van der Waals surface area (Å²) < 4.78 is 20.8. The van der Waals surface area contributed by atoms with Crippen LogP contribution in [0.15, 0.2) is 0 Å². The fraction of sp³-hybridized carbons (Fsp3) is 0.939. The lowest BCUT2D eigenvalue weighted by Crippen LogP contribution is -2.73. The molecule has 1 heterocycles. The number of rotatable bonds is 5. The Labute approximate surface area is 247 Å². The van der Waals surface area contributed by atoms with Crippen LogP contribution in [0.3, 0.4) is 0 Å². The number of hydrogen-bond acceptors (Lipinski definition) is 5. The van der Waals surface area contributed by atoms with Gasteiger partial charge < -0.3 is 18.4 Å². The van der Waals surface area contributed by atoms with Gasteiger partial charge in [-0.05, 0) is 103 Å². The van der Waals surface area contributed by atoms with Crippen LogP contribution >= 0.6 is 0 Å². The second-order valence-corrected chi connectivity index (χ2v) is 27.6. The zero-order chi connectivity index (χ0) is 30.5. The predicted molar refractivity (Wildman–Crippen MR) is 167 cm³/mol. The Morgan fingerprint density at radius 3 is 1.90 bits per heavy atom. The molecule has 0 aromatic carbocycles. The third kappa shape index (κ3) is 4.85. The van der Waals surface area contributed by atoms with Crippen LogP contribution in [0.1, 0.15) is 101 Å². The molecule has 1 aliphatic heterocycles. The van der Waals surface area contributed by atoms with Crippen molar-refractivity contribution >= 4 is 28.9 Å². The molecule has 3 aliphatic carbocycles. The quantitative estimate of drug-likeness (QED) is 0.182. The lowest BCUT2D eigenvalue weighted by atomic mass is 9.36. The fourth-order valence-electron chi connectivity index (χ4n) is 8.94. The van der Waals surface area contributed by atoms with Crippen molar-refractivity contribution in [1.29, 1.82) is 0 Å². The van der Waals surface area contributed by atoms with Crippen molar-refractivity contribution in [2.45, 2.75) is 156 Å². The van der Waals surface area contributed by atoms with Crippen LogP contribution in [-0.2, 0) is 23.2 Å². The monoisotopic (exact) mass is 592 g/mol. The molecule has 0 radical (unpaired) electrons. The molecule has 0 aromatic heterocycles. The number of carbonyl (C=O) groups excluding carboxylic acids is 2. The zero-order valence-corrected chi connectivity index (χ0v) is 30.2. The van der Waals surface area contributed by atoms with E-state index in [-0.39, 0.29) is 52.1 Å². The highest BCUT2D eigenvalue weighted by atomic mass is 28.4. The molecule has 0 N–H and O–H groups in total. The minimum absolute atomic E-state index is 0.0119. The van der Waals surface area contributed by atoms with Crippen molar-refractivity contribution in [1.82, 2.24) is 0 Å². The molecule has 0 spiro atoms. The number of esters is 1. The van der Waals surface area contributed by atoms with Crippen molar-refractivity contribution in [3.05, 3.63) is 0 Å². The summed E-state index contributed by atoms with van der Waals surface area (Å²) >= 11 is 0. The van der Waals surface area contributed by atoms with E-state index < -0.39 is 27.5 Å². The van der Waals surface area contributed by atoms with Crippen LogP contribution < -0.4 is 0 Å². The predicted octanol–water partition coefficient (Wildman–Crippen LogP) is 8.39. The number of carbonyl (C=O) groups is 2. The van der Waals surface area contributed by atoms with Crippen molar-refractivity contribution in [2.24, 2.45) is 39.9 Å². The fourth-order valence-corrected chi connectivity index (χ4v) is 11.7. The molecule has 10 atom stereocenters. The minimum atomic E-state index is -2.15. The lowest BCUT2D eigenvalue weighted by Gasteiger charge is -2.71. The first kappa shape index (κ1) is 32.4. The van der Waals surface area contributed by atoms with Crippen LogP contribution in [0.5, 0.6) is 0 Å². The molecule has 4 aliphatic rings. The highest BCUT2D eigenvalue weighted by Crippen LogP contribution is 2.72. The summed E-state index contributed by atoms with van der Waals surface area (Å²) in [6, 6.07) is 0. The van der Waals surface area contributed by atoms with E-state index in [2.05, 4.69) is 95.4 Å². The van der Waals surface area contributed by atoms with Gasteiger partial charge in [0.25, 0.3) is 0 Å². The lowest BCUT2D eigenvalue weighted by molar-refractivity contribution is -0.272. The van der Waals surface area contributed by atoms with Gasteiger partial charge in [0.2, 0.25) is 0 Å². The molecule has 0 amide bonds. The van der Waals surface area contributed by atoms with Gasteiger partial charge in [0.1, 0.15) is 12.4 Å². The van der Waals surface area contributed by atoms with Gasteiger partial charge in [0, 0.05) is 12.2 Å². The maximum atomic E-state index is 13.1. The Balaban J connectivity index is 1.87. The first-order valence-corrected chi connectivity index (χ1v) is 21.8. The summed E-state index contributed by atoms with van der Waals surface area (Å²) in [5, 5.41) is 0.215. The molecule has 1 saturated heterocycles. The van der Waals surface area contributed by atoms with Crippen LogP contribution in [0.4, 0.5) is 0 Å².